The molecule has 0 amide bonds. The lowest BCUT2D eigenvalue weighted by Gasteiger charge is -2.38. The zero-order chi connectivity index (χ0) is 26.2. The van der Waals surface area contributed by atoms with E-state index >= 15 is 0 Å². The van der Waals surface area contributed by atoms with Crippen LogP contribution >= 0.6 is 0 Å². The molecule has 0 fully saturated rings. The molecular weight excluding hydrogens is 444 g/mol. The second-order valence-corrected chi connectivity index (χ2v) is 10.3. The molecule has 36 heavy (non-hydrogen) atoms. The Morgan fingerprint density at radius 2 is 0.806 bits per heavy atom. The van der Waals surface area contributed by atoms with Crippen LogP contribution in [-0.4, -0.2) is 15.3 Å². The van der Waals surface area contributed by atoms with E-state index < -0.39 is 5.41 Å². The summed E-state index contributed by atoms with van der Waals surface area (Å²) in [7, 11) is 0. The zero-order valence-electron chi connectivity index (χ0n) is 22.1. The second kappa shape index (κ2) is 9.73. The van der Waals surface area contributed by atoms with Crippen LogP contribution in [0.1, 0.15) is 62.1 Å². The van der Waals surface area contributed by atoms with E-state index in [4.69, 9.17) is 0 Å². The van der Waals surface area contributed by atoms with Crippen molar-refractivity contribution in [3.05, 3.63) is 122 Å². The van der Waals surface area contributed by atoms with E-state index in [2.05, 4.69) is 60.7 Å². The van der Waals surface area contributed by atoms with Crippen LogP contribution in [0.5, 0.6) is 17.2 Å². The molecule has 0 atom stereocenters. The van der Waals surface area contributed by atoms with Gasteiger partial charge in [0.05, 0.1) is 0 Å². The molecule has 3 nitrogen and oxygen atoms in total. The van der Waals surface area contributed by atoms with Crippen LogP contribution in [-0.2, 0) is 11.8 Å². The van der Waals surface area contributed by atoms with Crippen molar-refractivity contribution in [1.29, 1.82) is 0 Å². The van der Waals surface area contributed by atoms with E-state index in [9.17, 15) is 15.3 Å². The summed E-state index contributed by atoms with van der Waals surface area (Å²) in [6.45, 7) is 11.6. The molecule has 3 heteroatoms. The molecule has 0 radical (unpaired) electrons. The van der Waals surface area contributed by atoms with Gasteiger partial charge in [-0.15, -0.1) is 0 Å². The maximum Gasteiger partial charge on any atom is 0.121 e. The molecule has 0 bridgehead atoms. The summed E-state index contributed by atoms with van der Waals surface area (Å²) in [6, 6.07) is 23.0. The number of phenolic OH excluding ortho intramolecular Hbond substituents is 3. The molecule has 0 saturated carbocycles. The first kappa shape index (κ1) is 25.4. The summed E-state index contributed by atoms with van der Waals surface area (Å²) in [5.74, 6) is 0.936. The minimum Gasteiger partial charge on any atom is -0.507 e. The first-order valence-electron chi connectivity index (χ1n) is 12.5. The Kier molecular flexibility index (Phi) is 6.86. The highest BCUT2D eigenvalue weighted by Crippen LogP contribution is 2.47. The van der Waals surface area contributed by atoms with Crippen LogP contribution in [0.25, 0.3) is 0 Å². The molecule has 0 unspecified atom stereocenters. The normalized spacial score (nSPS) is 11.6. The van der Waals surface area contributed by atoms with Crippen molar-refractivity contribution < 1.29 is 15.3 Å². The van der Waals surface area contributed by atoms with E-state index in [1.807, 2.05) is 47.6 Å². The van der Waals surface area contributed by atoms with Crippen molar-refractivity contribution in [1.82, 2.24) is 0 Å². The summed E-state index contributed by atoms with van der Waals surface area (Å²) >= 11 is 0. The summed E-state index contributed by atoms with van der Waals surface area (Å²) in [5, 5.41) is 31.9. The highest BCUT2D eigenvalue weighted by Gasteiger charge is 2.38. The standard InChI is InChI=1S/C33H36O3/c1-20-14-27(15-21(2)30(20)34)33(13-12-26-10-8-7-9-11-26,28-16-22(3)31(35)23(4)17-28)29-18-24(5)32(36)25(6)19-29/h7-11,14-19,34-36H,12-13H2,1-6H3. The smallest absolute Gasteiger partial charge is 0.121 e. The van der Waals surface area contributed by atoms with Crippen LogP contribution in [0.4, 0.5) is 0 Å². The number of aryl methyl sites for hydroxylation is 7. The fraction of sp³-hybridized carbons (Fsp3) is 0.273. The van der Waals surface area contributed by atoms with Gasteiger partial charge in [-0.1, -0.05) is 66.7 Å². The van der Waals surface area contributed by atoms with Gasteiger partial charge in [-0.25, -0.2) is 0 Å². The molecule has 4 rings (SSSR count). The fourth-order valence-electron chi connectivity index (χ4n) is 5.52. The van der Waals surface area contributed by atoms with E-state index in [1.54, 1.807) is 0 Å². The van der Waals surface area contributed by atoms with Crippen LogP contribution < -0.4 is 0 Å². The molecule has 4 aromatic carbocycles. The first-order valence-corrected chi connectivity index (χ1v) is 12.5. The van der Waals surface area contributed by atoms with Crippen molar-refractivity contribution in [2.75, 3.05) is 0 Å². The summed E-state index contributed by atoms with van der Waals surface area (Å²) in [6.07, 6.45) is 1.60. The Morgan fingerprint density at radius 3 is 1.11 bits per heavy atom. The molecule has 0 spiro atoms. The Morgan fingerprint density at radius 1 is 0.500 bits per heavy atom. The monoisotopic (exact) mass is 480 g/mol. The Balaban J connectivity index is 2.11. The fourth-order valence-corrected chi connectivity index (χ4v) is 5.52. The minimum atomic E-state index is -0.578. The highest BCUT2D eigenvalue weighted by molar-refractivity contribution is 5.59. The van der Waals surface area contributed by atoms with Gasteiger partial charge < -0.3 is 15.3 Å². The van der Waals surface area contributed by atoms with Gasteiger partial charge in [-0.05, 0) is 110 Å². The highest BCUT2D eigenvalue weighted by atomic mass is 16.3. The lowest BCUT2D eigenvalue weighted by molar-refractivity contribution is 0.462. The van der Waals surface area contributed by atoms with Gasteiger partial charge in [0, 0.05) is 5.41 Å². The van der Waals surface area contributed by atoms with E-state index in [0.717, 1.165) is 62.9 Å². The third-order valence-electron chi connectivity index (χ3n) is 7.58. The van der Waals surface area contributed by atoms with Gasteiger partial charge in [0.1, 0.15) is 17.2 Å². The molecule has 0 heterocycles. The molecule has 0 aliphatic carbocycles. The first-order chi connectivity index (χ1) is 17.0. The molecular formula is C33H36O3. The predicted molar refractivity (Wildman–Crippen MR) is 147 cm³/mol. The third kappa shape index (κ3) is 4.46. The number of hydrogen-bond donors (Lipinski definition) is 3. The number of hydrogen-bond acceptors (Lipinski definition) is 3. The van der Waals surface area contributed by atoms with Crippen LogP contribution in [0.3, 0.4) is 0 Å². The molecule has 0 saturated heterocycles. The average molecular weight is 481 g/mol. The van der Waals surface area contributed by atoms with Gasteiger partial charge in [-0.2, -0.15) is 0 Å². The number of aromatic hydroxyl groups is 3. The lowest BCUT2D eigenvalue weighted by Crippen LogP contribution is -2.31. The maximum atomic E-state index is 10.6. The van der Waals surface area contributed by atoms with Crippen molar-refractivity contribution in [2.24, 2.45) is 0 Å². The number of rotatable bonds is 6. The Hall–Kier alpha value is -3.72. The van der Waals surface area contributed by atoms with Crippen LogP contribution in [0, 0.1) is 41.5 Å². The Labute approximate surface area is 214 Å². The second-order valence-electron chi connectivity index (χ2n) is 10.3. The molecule has 0 aromatic heterocycles. The SMILES string of the molecule is Cc1cc(C(CCc2ccccc2)(c2cc(C)c(O)c(C)c2)c2cc(C)c(O)c(C)c2)cc(C)c1O. The predicted octanol–water partition coefficient (Wildman–Crippen LogP) is 7.62. The van der Waals surface area contributed by atoms with E-state index in [-0.39, 0.29) is 0 Å². The lowest BCUT2D eigenvalue weighted by atomic mass is 9.65. The largest absolute Gasteiger partial charge is 0.507 e. The summed E-state index contributed by atoms with van der Waals surface area (Å²) < 4.78 is 0. The third-order valence-corrected chi connectivity index (χ3v) is 7.58. The molecule has 0 aliphatic heterocycles. The van der Waals surface area contributed by atoms with Gasteiger partial charge in [0.2, 0.25) is 0 Å². The topological polar surface area (TPSA) is 60.7 Å². The Bertz CT molecular complexity index is 1210. The number of benzene rings is 4. The van der Waals surface area contributed by atoms with Crippen molar-refractivity contribution >= 4 is 0 Å². The summed E-state index contributed by atoms with van der Waals surface area (Å²) in [5.41, 5.74) is 8.88. The summed E-state index contributed by atoms with van der Waals surface area (Å²) in [4.78, 5) is 0. The van der Waals surface area contributed by atoms with Gasteiger partial charge >= 0.3 is 0 Å². The molecule has 0 aliphatic rings. The average Bonchev–Trinajstić information content (AvgIpc) is 2.85. The zero-order valence-corrected chi connectivity index (χ0v) is 22.1. The maximum absolute atomic E-state index is 10.6. The van der Waals surface area contributed by atoms with Gasteiger partial charge in [0.15, 0.2) is 0 Å². The van der Waals surface area contributed by atoms with Crippen LogP contribution in [0.15, 0.2) is 66.7 Å². The van der Waals surface area contributed by atoms with Crippen molar-refractivity contribution in [3.8, 4) is 17.2 Å². The molecule has 3 N–H and O–H groups in total. The minimum absolute atomic E-state index is 0.312. The number of phenols is 3. The van der Waals surface area contributed by atoms with E-state index in [0.29, 0.717) is 17.2 Å². The van der Waals surface area contributed by atoms with Crippen molar-refractivity contribution in [2.45, 2.75) is 59.8 Å². The quantitative estimate of drug-likeness (QED) is 0.249. The molecule has 186 valence electrons. The van der Waals surface area contributed by atoms with Crippen molar-refractivity contribution in [3.63, 3.8) is 0 Å². The van der Waals surface area contributed by atoms with Gasteiger partial charge in [-0.3, -0.25) is 0 Å². The molecule has 4 aromatic rings. The van der Waals surface area contributed by atoms with Gasteiger partial charge in [0.25, 0.3) is 0 Å². The van der Waals surface area contributed by atoms with E-state index in [1.165, 1.54) is 5.56 Å². The van der Waals surface area contributed by atoms with Crippen LogP contribution in [0.2, 0.25) is 0 Å².